The summed E-state index contributed by atoms with van der Waals surface area (Å²) in [6.07, 6.45) is 9.31. The summed E-state index contributed by atoms with van der Waals surface area (Å²) in [7, 11) is -1.53. The van der Waals surface area contributed by atoms with Crippen LogP contribution in [-0.2, 0) is 14.0 Å². The molecule has 0 aromatic heterocycles. The molecule has 21 heavy (non-hydrogen) atoms. The number of hydrogen-bond acceptors (Lipinski definition) is 3. The lowest BCUT2D eigenvalue weighted by molar-refractivity contribution is -0.123. The Bertz CT molecular complexity index is 409. The fourth-order valence-corrected chi connectivity index (χ4v) is 5.24. The zero-order valence-electron chi connectivity index (χ0n) is 14.1. The second-order valence-corrected chi connectivity index (χ2v) is 12.5. The molecular formula is C17H30O3Si. The molecule has 2 rings (SSSR count). The first-order valence-corrected chi connectivity index (χ1v) is 11.6. The van der Waals surface area contributed by atoms with Crippen molar-refractivity contribution in [2.24, 2.45) is 5.92 Å². The van der Waals surface area contributed by atoms with Crippen LogP contribution in [0.1, 0.15) is 46.0 Å². The number of carbonyl (C=O) groups is 1. The van der Waals surface area contributed by atoms with Crippen LogP contribution in [0.2, 0.25) is 19.6 Å². The van der Waals surface area contributed by atoms with E-state index in [1.54, 1.807) is 0 Å². The Morgan fingerprint density at radius 1 is 1.38 bits per heavy atom. The summed E-state index contributed by atoms with van der Waals surface area (Å²) < 4.78 is 12.3. The molecular weight excluding hydrogens is 280 g/mol. The maximum atomic E-state index is 11.5. The van der Waals surface area contributed by atoms with Gasteiger partial charge in [-0.25, -0.2) is 0 Å². The lowest BCUT2D eigenvalue weighted by atomic mass is 9.84. The molecule has 0 aromatic carbocycles. The predicted octanol–water partition coefficient (Wildman–Crippen LogP) is 4.09. The SMILES string of the molecule is CC(C)(C=CC[C@@H]1C[C@@H]2CC(=O)CC[C@@H]2O1)O[Si](C)(C)C. The van der Waals surface area contributed by atoms with Crippen LogP contribution < -0.4 is 0 Å². The standard InChI is InChI=1S/C17H30O3Si/c1-17(2,20-21(3,4)5)10-6-7-15-12-13-11-14(18)8-9-16(13)19-15/h6,10,13,15-16H,7-9,11-12H2,1-5H3/t13-,15+,16-/m0/s1. The van der Waals surface area contributed by atoms with Gasteiger partial charge in [0.05, 0.1) is 17.8 Å². The molecule has 3 nitrogen and oxygen atoms in total. The Labute approximate surface area is 130 Å². The topological polar surface area (TPSA) is 35.5 Å². The molecule has 0 aromatic rings. The molecule has 0 unspecified atom stereocenters. The van der Waals surface area contributed by atoms with E-state index in [1.807, 2.05) is 0 Å². The van der Waals surface area contributed by atoms with E-state index in [0.29, 0.717) is 24.2 Å². The van der Waals surface area contributed by atoms with E-state index in [1.165, 1.54) is 0 Å². The first-order valence-electron chi connectivity index (χ1n) is 8.20. The van der Waals surface area contributed by atoms with Crippen molar-refractivity contribution in [1.82, 2.24) is 0 Å². The van der Waals surface area contributed by atoms with Gasteiger partial charge in [-0.3, -0.25) is 4.79 Å². The molecule has 1 saturated carbocycles. The van der Waals surface area contributed by atoms with Gasteiger partial charge in [0, 0.05) is 12.8 Å². The van der Waals surface area contributed by atoms with Gasteiger partial charge in [0.2, 0.25) is 0 Å². The van der Waals surface area contributed by atoms with Crippen molar-refractivity contribution in [1.29, 1.82) is 0 Å². The highest BCUT2D eigenvalue weighted by molar-refractivity contribution is 6.69. The largest absolute Gasteiger partial charge is 0.409 e. The monoisotopic (exact) mass is 310 g/mol. The van der Waals surface area contributed by atoms with Crippen molar-refractivity contribution in [2.45, 2.75) is 83.4 Å². The third-order valence-corrected chi connectivity index (χ3v) is 5.28. The number of rotatable bonds is 5. The summed E-state index contributed by atoms with van der Waals surface area (Å²) in [6.45, 7) is 10.9. The zero-order chi connectivity index (χ0) is 15.7. The molecule has 0 spiro atoms. The maximum absolute atomic E-state index is 11.5. The van der Waals surface area contributed by atoms with Gasteiger partial charge in [0.15, 0.2) is 8.32 Å². The molecule has 1 heterocycles. The molecule has 2 fully saturated rings. The Morgan fingerprint density at radius 3 is 2.76 bits per heavy atom. The highest BCUT2D eigenvalue weighted by Gasteiger charge is 2.38. The van der Waals surface area contributed by atoms with Crippen LogP contribution in [0.4, 0.5) is 0 Å². The number of hydrogen-bond donors (Lipinski definition) is 0. The van der Waals surface area contributed by atoms with Gasteiger partial charge in [-0.15, -0.1) is 0 Å². The third kappa shape index (κ3) is 5.35. The summed E-state index contributed by atoms with van der Waals surface area (Å²) in [4.78, 5) is 11.5. The van der Waals surface area contributed by atoms with E-state index in [2.05, 4.69) is 45.6 Å². The lowest BCUT2D eigenvalue weighted by Gasteiger charge is -2.30. The summed E-state index contributed by atoms with van der Waals surface area (Å²) in [5.41, 5.74) is -0.203. The van der Waals surface area contributed by atoms with Crippen LogP contribution in [0.5, 0.6) is 0 Å². The highest BCUT2D eigenvalue weighted by atomic mass is 28.4. The number of ether oxygens (including phenoxy) is 1. The number of ketones is 1. The predicted molar refractivity (Wildman–Crippen MR) is 87.9 cm³/mol. The molecule has 3 atom stereocenters. The van der Waals surface area contributed by atoms with Crippen LogP contribution in [0.25, 0.3) is 0 Å². The molecule has 2 aliphatic rings. The summed E-state index contributed by atoms with van der Waals surface area (Å²) in [6, 6.07) is 0. The molecule has 4 heteroatoms. The third-order valence-electron chi connectivity index (χ3n) is 4.14. The van der Waals surface area contributed by atoms with Crippen LogP contribution in [0.3, 0.4) is 0 Å². The van der Waals surface area contributed by atoms with E-state index in [4.69, 9.17) is 9.16 Å². The lowest BCUT2D eigenvalue weighted by Crippen LogP contribution is -2.36. The van der Waals surface area contributed by atoms with E-state index in [0.717, 1.165) is 25.7 Å². The van der Waals surface area contributed by atoms with E-state index in [9.17, 15) is 4.79 Å². The van der Waals surface area contributed by atoms with Crippen LogP contribution >= 0.6 is 0 Å². The van der Waals surface area contributed by atoms with E-state index in [-0.39, 0.29) is 11.7 Å². The summed E-state index contributed by atoms with van der Waals surface area (Å²) in [5, 5.41) is 0. The van der Waals surface area contributed by atoms with Gasteiger partial charge < -0.3 is 9.16 Å². The Hall–Kier alpha value is -0.453. The summed E-state index contributed by atoms with van der Waals surface area (Å²) in [5.74, 6) is 0.886. The quantitative estimate of drug-likeness (QED) is 0.567. The van der Waals surface area contributed by atoms with Crippen LogP contribution in [-0.4, -0.2) is 31.9 Å². The Balaban J connectivity index is 1.81. The minimum atomic E-state index is -1.53. The molecule has 0 radical (unpaired) electrons. The smallest absolute Gasteiger partial charge is 0.184 e. The zero-order valence-corrected chi connectivity index (χ0v) is 15.1. The maximum Gasteiger partial charge on any atom is 0.184 e. The molecule has 0 amide bonds. The fraction of sp³-hybridized carbons (Fsp3) is 0.824. The van der Waals surface area contributed by atoms with Gasteiger partial charge >= 0.3 is 0 Å². The van der Waals surface area contributed by atoms with Gasteiger partial charge in [-0.1, -0.05) is 12.2 Å². The molecule has 1 aliphatic carbocycles. The van der Waals surface area contributed by atoms with Gasteiger partial charge in [-0.2, -0.15) is 0 Å². The molecule has 0 bridgehead atoms. The van der Waals surface area contributed by atoms with E-state index < -0.39 is 8.32 Å². The van der Waals surface area contributed by atoms with Crippen molar-refractivity contribution < 1.29 is 14.0 Å². The Morgan fingerprint density at radius 2 is 2.10 bits per heavy atom. The highest BCUT2D eigenvalue weighted by Crippen LogP contribution is 2.37. The van der Waals surface area contributed by atoms with Crippen molar-refractivity contribution in [3.8, 4) is 0 Å². The number of Topliss-reactive ketones (excluding diaryl/α,β-unsaturated/α-hetero) is 1. The fourth-order valence-electron chi connectivity index (χ4n) is 3.60. The Kier molecular flexibility index (Phi) is 5.11. The van der Waals surface area contributed by atoms with Crippen molar-refractivity contribution in [3.63, 3.8) is 0 Å². The molecule has 1 aliphatic heterocycles. The number of carbonyl (C=O) groups excluding carboxylic acids is 1. The van der Waals surface area contributed by atoms with Gasteiger partial charge in [0.1, 0.15) is 5.78 Å². The van der Waals surface area contributed by atoms with Crippen LogP contribution in [0, 0.1) is 5.92 Å². The minimum Gasteiger partial charge on any atom is -0.409 e. The normalized spacial score (nSPS) is 30.9. The van der Waals surface area contributed by atoms with Gasteiger partial charge in [-0.05, 0) is 58.7 Å². The molecule has 0 N–H and O–H groups in total. The average molecular weight is 311 g/mol. The molecule has 120 valence electrons. The second-order valence-electron chi connectivity index (χ2n) is 8.03. The van der Waals surface area contributed by atoms with Crippen molar-refractivity contribution in [2.75, 3.05) is 0 Å². The number of fused-ring (bicyclic) bond motifs is 1. The van der Waals surface area contributed by atoms with Gasteiger partial charge in [0.25, 0.3) is 0 Å². The van der Waals surface area contributed by atoms with Crippen LogP contribution in [0.15, 0.2) is 12.2 Å². The second kappa shape index (κ2) is 6.35. The van der Waals surface area contributed by atoms with E-state index >= 15 is 0 Å². The first-order chi connectivity index (χ1) is 9.65. The first kappa shape index (κ1) is 16.9. The van der Waals surface area contributed by atoms with Crippen molar-refractivity contribution in [3.05, 3.63) is 12.2 Å². The summed E-state index contributed by atoms with van der Waals surface area (Å²) >= 11 is 0. The average Bonchev–Trinajstić information content (AvgIpc) is 2.66. The van der Waals surface area contributed by atoms with Crippen molar-refractivity contribution >= 4 is 14.1 Å². The molecule has 1 saturated heterocycles. The minimum absolute atomic E-state index is 0.203.